The Bertz CT molecular complexity index is 445. The van der Waals surface area contributed by atoms with Gasteiger partial charge in [0.2, 0.25) is 0 Å². The molecule has 0 spiro atoms. The van der Waals surface area contributed by atoms with Crippen LogP contribution in [-0.4, -0.2) is 12.6 Å². The minimum Gasteiger partial charge on any atom is -0.463 e. The van der Waals surface area contributed by atoms with Crippen LogP contribution in [0.4, 0.5) is 0 Å². The van der Waals surface area contributed by atoms with Gasteiger partial charge in [-0.1, -0.05) is 36.9 Å². The number of ether oxygens (including phenoxy) is 1. The molecule has 0 radical (unpaired) electrons. The molecule has 1 aromatic rings. The minimum atomic E-state index is -0.482. The lowest BCUT2D eigenvalue weighted by molar-refractivity contribution is -0.138. The highest BCUT2D eigenvalue weighted by Crippen LogP contribution is 2.17. The van der Waals surface area contributed by atoms with Crippen molar-refractivity contribution in [1.82, 2.24) is 0 Å². The lowest BCUT2D eigenvalue weighted by Gasteiger charge is -2.11. The van der Waals surface area contributed by atoms with E-state index in [9.17, 15) is 4.79 Å². The van der Waals surface area contributed by atoms with Crippen molar-refractivity contribution in [3.8, 4) is 6.07 Å². The number of benzene rings is 1. The summed E-state index contributed by atoms with van der Waals surface area (Å²) in [4.78, 5) is 11.5. The standard InChI is InChI=1S/C15H17NO2/c1-3-18-15(17)12(2)14(11-16)10-9-13-7-5-4-6-8-13/h4-8,14H,2-3,9-10H2,1H3/t14-/m1/s1. The van der Waals surface area contributed by atoms with E-state index in [1.54, 1.807) is 6.92 Å². The molecule has 0 saturated heterocycles. The molecule has 0 aliphatic rings. The van der Waals surface area contributed by atoms with Gasteiger partial charge in [-0.15, -0.1) is 0 Å². The third kappa shape index (κ3) is 4.06. The summed E-state index contributed by atoms with van der Waals surface area (Å²) in [6.45, 7) is 5.69. The van der Waals surface area contributed by atoms with Crippen LogP contribution in [0, 0.1) is 17.2 Å². The zero-order valence-corrected chi connectivity index (χ0v) is 10.6. The molecule has 0 bridgehead atoms. The van der Waals surface area contributed by atoms with Crippen LogP contribution in [-0.2, 0) is 16.0 Å². The van der Waals surface area contributed by atoms with Crippen molar-refractivity contribution >= 4 is 5.97 Å². The topological polar surface area (TPSA) is 50.1 Å². The number of nitriles is 1. The number of carbonyl (C=O) groups is 1. The Kier molecular flexibility index (Phi) is 5.66. The Hall–Kier alpha value is -2.08. The highest BCUT2D eigenvalue weighted by molar-refractivity contribution is 5.88. The maximum atomic E-state index is 11.5. The highest BCUT2D eigenvalue weighted by Gasteiger charge is 2.19. The largest absolute Gasteiger partial charge is 0.463 e. The molecule has 3 nitrogen and oxygen atoms in total. The summed E-state index contributed by atoms with van der Waals surface area (Å²) >= 11 is 0. The molecule has 0 N–H and O–H groups in total. The second kappa shape index (κ2) is 7.29. The van der Waals surface area contributed by atoms with Crippen LogP contribution in [0.15, 0.2) is 42.5 Å². The second-order valence-corrected chi connectivity index (χ2v) is 3.95. The molecule has 1 aromatic carbocycles. The maximum absolute atomic E-state index is 11.5. The third-order valence-electron chi connectivity index (χ3n) is 2.68. The molecule has 0 aromatic heterocycles. The summed E-state index contributed by atoms with van der Waals surface area (Å²) < 4.78 is 4.85. The number of hydrogen-bond acceptors (Lipinski definition) is 3. The number of carbonyl (C=O) groups excluding carboxylic acids is 1. The summed E-state index contributed by atoms with van der Waals surface area (Å²) in [6.07, 6.45) is 1.33. The molecular weight excluding hydrogens is 226 g/mol. The highest BCUT2D eigenvalue weighted by atomic mass is 16.5. The fourth-order valence-electron chi connectivity index (χ4n) is 1.64. The van der Waals surface area contributed by atoms with Gasteiger partial charge < -0.3 is 4.74 Å². The van der Waals surface area contributed by atoms with E-state index in [4.69, 9.17) is 10.00 Å². The van der Waals surface area contributed by atoms with Gasteiger partial charge in [0.05, 0.1) is 18.6 Å². The van der Waals surface area contributed by atoms with Crippen LogP contribution < -0.4 is 0 Å². The monoisotopic (exact) mass is 243 g/mol. The van der Waals surface area contributed by atoms with Gasteiger partial charge in [-0.2, -0.15) is 5.26 Å². The van der Waals surface area contributed by atoms with Gasteiger partial charge in [0, 0.05) is 5.57 Å². The summed E-state index contributed by atoms with van der Waals surface area (Å²) in [5.41, 5.74) is 1.39. The van der Waals surface area contributed by atoms with Crippen LogP contribution in [0.25, 0.3) is 0 Å². The average Bonchev–Trinajstić information content (AvgIpc) is 2.40. The van der Waals surface area contributed by atoms with Gasteiger partial charge in [-0.25, -0.2) is 4.79 Å². The predicted octanol–water partition coefficient (Wildman–Crippen LogP) is 2.88. The zero-order chi connectivity index (χ0) is 13.4. The van der Waals surface area contributed by atoms with Crippen molar-refractivity contribution in [2.24, 2.45) is 5.92 Å². The molecule has 3 heteroatoms. The van der Waals surface area contributed by atoms with Gasteiger partial charge in [0.25, 0.3) is 0 Å². The number of rotatable bonds is 6. The summed E-state index contributed by atoms with van der Waals surface area (Å²) in [5.74, 6) is -0.957. The molecule has 1 rings (SSSR count). The Morgan fingerprint density at radius 2 is 2.11 bits per heavy atom. The molecule has 1 atom stereocenters. The van der Waals surface area contributed by atoms with E-state index in [-0.39, 0.29) is 5.57 Å². The van der Waals surface area contributed by atoms with Crippen molar-refractivity contribution in [2.75, 3.05) is 6.61 Å². The van der Waals surface area contributed by atoms with Crippen LogP contribution in [0.1, 0.15) is 18.9 Å². The van der Waals surface area contributed by atoms with Gasteiger partial charge in [0.15, 0.2) is 0 Å². The first kappa shape index (κ1) is 14.0. The molecule has 0 amide bonds. The molecular formula is C15H17NO2. The Morgan fingerprint density at radius 3 is 2.67 bits per heavy atom. The van der Waals surface area contributed by atoms with Gasteiger partial charge >= 0.3 is 5.97 Å². The van der Waals surface area contributed by atoms with Crippen molar-refractivity contribution in [2.45, 2.75) is 19.8 Å². The molecule has 0 saturated carbocycles. The van der Waals surface area contributed by atoms with E-state index in [0.29, 0.717) is 13.0 Å². The predicted molar refractivity (Wildman–Crippen MR) is 69.6 cm³/mol. The normalized spacial score (nSPS) is 11.3. The van der Waals surface area contributed by atoms with Gasteiger partial charge in [-0.3, -0.25) is 0 Å². The first-order chi connectivity index (χ1) is 8.69. The van der Waals surface area contributed by atoms with E-state index in [1.165, 1.54) is 0 Å². The van der Waals surface area contributed by atoms with Crippen molar-refractivity contribution < 1.29 is 9.53 Å². The Morgan fingerprint density at radius 1 is 1.44 bits per heavy atom. The quantitative estimate of drug-likeness (QED) is 0.570. The molecule has 0 fully saturated rings. The lowest BCUT2D eigenvalue weighted by Crippen LogP contribution is -2.14. The fourth-order valence-corrected chi connectivity index (χ4v) is 1.64. The minimum absolute atomic E-state index is 0.246. The second-order valence-electron chi connectivity index (χ2n) is 3.95. The number of nitrogens with zero attached hydrogens (tertiary/aromatic N) is 1. The van der Waals surface area contributed by atoms with Crippen LogP contribution in [0.2, 0.25) is 0 Å². The zero-order valence-electron chi connectivity index (χ0n) is 10.6. The molecule has 18 heavy (non-hydrogen) atoms. The van der Waals surface area contributed by atoms with E-state index in [0.717, 1.165) is 12.0 Å². The average molecular weight is 243 g/mol. The van der Waals surface area contributed by atoms with Crippen molar-refractivity contribution in [1.29, 1.82) is 5.26 Å². The molecule has 0 heterocycles. The van der Waals surface area contributed by atoms with Crippen molar-refractivity contribution in [3.63, 3.8) is 0 Å². The number of esters is 1. The maximum Gasteiger partial charge on any atom is 0.334 e. The van der Waals surface area contributed by atoms with E-state index >= 15 is 0 Å². The molecule has 0 unspecified atom stereocenters. The summed E-state index contributed by atoms with van der Waals surface area (Å²) in [5, 5.41) is 9.07. The Labute approximate surface area is 108 Å². The van der Waals surface area contributed by atoms with E-state index < -0.39 is 11.9 Å². The Balaban J connectivity index is 2.55. The van der Waals surface area contributed by atoms with E-state index in [2.05, 4.69) is 12.6 Å². The van der Waals surface area contributed by atoms with Crippen LogP contribution in [0.3, 0.4) is 0 Å². The first-order valence-corrected chi connectivity index (χ1v) is 5.98. The molecule has 94 valence electrons. The SMILES string of the molecule is C=C(C(=O)OCC)[C@@H](C#N)CCc1ccccc1. The van der Waals surface area contributed by atoms with E-state index in [1.807, 2.05) is 30.3 Å². The molecule has 0 aliphatic heterocycles. The van der Waals surface area contributed by atoms with Crippen LogP contribution in [0.5, 0.6) is 0 Å². The third-order valence-corrected chi connectivity index (χ3v) is 2.68. The van der Waals surface area contributed by atoms with Crippen molar-refractivity contribution in [3.05, 3.63) is 48.0 Å². The van der Waals surface area contributed by atoms with Crippen LogP contribution >= 0.6 is 0 Å². The molecule has 0 aliphatic carbocycles. The fraction of sp³-hybridized carbons (Fsp3) is 0.333. The first-order valence-electron chi connectivity index (χ1n) is 5.98. The lowest BCUT2D eigenvalue weighted by atomic mass is 9.94. The number of aryl methyl sites for hydroxylation is 1. The summed E-state index contributed by atoms with van der Waals surface area (Å²) in [6, 6.07) is 12.0. The van der Waals surface area contributed by atoms with Gasteiger partial charge in [-0.05, 0) is 25.3 Å². The smallest absolute Gasteiger partial charge is 0.334 e. The van der Waals surface area contributed by atoms with Gasteiger partial charge in [0.1, 0.15) is 0 Å². The number of hydrogen-bond donors (Lipinski definition) is 0. The summed E-state index contributed by atoms with van der Waals surface area (Å²) in [7, 11) is 0.